The number of pyridine rings is 1. The largest absolute Gasteiger partial charge is 0.404 e. The van der Waals surface area contributed by atoms with Crippen LogP contribution in [0.15, 0.2) is 40.9 Å². The molecule has 1 aliphatic heterocycles. The highest BCUT2D eigenvalue weighted by atomic mass is 16.4. The number of piperazine rings is 1. The summed E-state index contributed by atoms with van der Waals surface area (Å²) >= 11 is 0. The van der Waals surface area contributed by atoms with E-state index < -0.39 is 0 Å². The molecule has 1 aliphatic rings. The maximum atomic E-state index is 12.8. The van der Waals surface area contributed by atoms with Crippen LogP contribution >= 0.6 is 0 Å². The molecule has 0 bridgehead atoms. The SMILES string of the molecule is Cc1ccc(C)c(C(=O)N2CCN(c3nc4cccnc4o3)CC2)c1. The van der Waals surface area contributed by atoms with Crippen LogP contribution in [0.4, 0.5) is 6.01 Å². The maximum Gasteiger partial charge on any atom is 0.299 e. The highest BCUT2D eigenvalue weighted by molar-refractivity contribution is 5.96. The molecule has 1 amide bonds. The van der Waals surface area contributed by atoms with Crippen LogP contribution < -0.4 is 4.90 Å². The van der Waals surface area contributed by atoms with Gasteiger partial charge in [-0.1, -0.05) is 17.7 Å². The minimum Gasteiger partial charge on any atom is -0.404 e. The minimum absolute atomic E-state index is 0.0973. The topological polar surface area (TPSA) is 62.5 Å². The van der Waals surface area contributed by atoms with Crippen LogP contribution in [-0.4, -0.2) is 47.0 Å². The number of hydrogen-bond acceptors (Lipinski definition) is 5. The van der Waals surface area contributed by atoms with E-state index in [2.05, 4.69) is 14.9 Å². The van der Waals surface area contributed by atoms with E-state index in [0.717, 1.165) is 22.2 Å². The van der Waals surface area contributed by atoms with E-state index in [-0.39, 0.29) is 5.91 Å². The zero-order chi connectivity index (χ0) is 17.4. The Balaban J connectivity index is 1.47. The van der Waals surface area contributed by atoms with Crippen molar-refractivity contribution in [1.82, 2.24) is 14.9 Å². The van der Waals surface area contributed by atoms with Crippen molar-refractivity contribution in [3.63, 3.8) is 0 Å². The van der Waals surface area contributed by atoms with Crippen molar-refractivity contribution in [2.24, 2.45) is 0 Å². The number of carbonyl (C=O) groups is 1. The van der Waals surface area contributed by atoms with Crippen LogP contribution in [0.5, 0.6) is 0 Å². The lowest BCUT2D eigenvalue weighted by atomic mass is 10.0. The molecule has 0 N–H and O–H groups in total. The standard InChI is InChI=1S/C19H20N4O2/c1-13-5-6-14(2)15(12-13)18(24)22-8-10-23(11-9-22)19-21-16-4-3-7-20-17(16)25-19/h3-7,12H,8-11H2,1-2H3. The van der Waals surface area contributed by atoms with Gasteiger partial charge in [-0.25, -0.2) is 4.98 Å². The van der Waals surface area contributed by atoms with E-state index in [1.807, 2.05) is 49.1 Å². The van der Waals surface area contributed by atoms with Gasteiger partial charge in [-0.3, -0.25) is 4.79 Å². The fraction of sp³-hybridized carbons (Fsp3) is 0.316. The van der Waals surface area contributed by atoms with E-state index in [1.54, 1.807) is 6.20 Å². The number of aryl methyl sites for hydroxylation is 2. The van der Waals surface area contributed by atoms with Gasteiger partial charge in [-0.2, -0.15) is 4.98 Å². The Morgan fingerprint density at radius 3 is 2.68 bits per heavy atom. The molecular formula is C19H20N4O2. The molecular weight excluding hydrogens is 316 g/mol. The third kappa shape index (κ3) is 2.95. The summed E-state index contributed by atoms with van der Waals surface area (Å²) in [5, 5.41) is 0. The Hall–Kier alpha value is -2.89. The van der Waals surface area contributed by atoms with Gasteiger partial charge < -0.3 is 14.2 Å². The van der Waals surface area contributed by atoms with Crippen molar-refractivity contribution in [3.8, 4) is 0 Å². The summed E-state index contributed by atoms with van der Waals surface area (Å²) < 4.78 is 5.72. The molecule has 0 unspecified atom stereocenters. The molecule has 0 saturated carbocycles. The van der Waals surface area contributed by atoms with Crippen LogP contribution in [0.3, 0.4) is 0 Å². The molecule has 0 aliphatic carbocycles. The molecule has 2 aromatic heterocycles. The molecule has 0 radical (unpaired) electrons. The van der Waals surface area contributed by atoms with Gasteiger partial charge in [0.2, 0.25) is 5.71 Å². The van der Waals surface area contributed by atoms with Gasteiger partial charge in [0.05, 0.1) is 0 Å². The van der Waals surface area contributed by atoms with Crippen molar-refractivity contribution in [2.75, 3.05) is 31.1 Å². The van der Waals surface area contributed by atoms with Gasteiger partial charge in [0.1, 0.15) is 5.52 Å². The molecule has 1 fully saturated rings. The summed E-state index contributed by atoms with van der Waals surface area (Å²) in [5.41, 5.74) is 4.21. The predicted molar refractivity (Wildman–Crippen MR) is 95.8 cm³/mol. The van der Waals surface area contributed by atoms with Gasteiger partial charge >= 0.3 is 0 Å². The van der Waals surface area contributed by atoms with Crippen molar-refractivity contribution in [1.29, 1.82) is 0 Å². The molecule has 25 heavy (non-hydrogen) atoms. The van der Waals surface area contributed by atoms with E-state index in [0.29, 0.717) is 37.9 Å². The van der Waals surface area contributed by atoms with Crippen LogP contribution in [-0.2, 0) is 0 Å². The van der Waals surface area contributed by atoms with Crippen LogP contribution in [0.25, 0.3) is 11.2 Å². The third-order valence-electron chi connectivity index (χ3n) is 4.62. The lowest BCUT2D eigenvalue weighted by molar-refractivity contribution is 0.0744. The molecule has 3 heterocycles. The van der Waals surface area contributed by atoms with Crippen LogP contribution in [0.1, 0.15) is 21.5 Å². The Morgan fingerprint density at radius 1 is 1.12 bits per heavy atom. The highest BCUT2D eigenvalue weighted by Gasteiger charge is 2.25. The van der Waals surface area contributed by atoms with Gasteiger partial charge in [-0.15, -0.1) is 0 Å². The van der Waals surface area contributed by atoms with Gasteiger partial charge in [0.15, 0.2) is 0 Å². The fourth-order valence-electron chi connectivity index (χ4n) is 3.13. The van der Waals surface area contributed by atoms with Crippen molar-refractivity contribution < 1.29 is 9.21 Å². The average Bonchev–Trinajstić information content (AvgIpc) is 3.07. The summed E-state index contributed by atoms with van der Waals surface area (Å²) in [7, 11) is 0. The molecule has 128 valence electrons. The predicted octanol–water partition coefficient (Wildman–Crippen LogP) is 2.80. The molecule has 0 atom stereocenters. The maximum absolute atomic E-state index is 12.8. The summed E-state index contributed by atoms with van der Waals surface area (Å²) in [4.78, 5) is 25.4. The van der Waals surface area contributed by atoms with Crippen molar-refractivity contribution in [3.05, 3.63) is 53.2 Å². The summed E-state index contributed by atoms with van der Waals surface area (Å²) in [6, 6.07) is 10.3. The molecule has 6 heteroatoms. The number of fused-ring (bicyclic) bond motifs is 1. The lowest BCUT2D eigenvalue weighted by Gasteiger charge is -2.34. The molecule has 0 spiro atoms. The number of benzene rings is 1. The number of rotatable bonds is 2. The summed E-state index contributed by atoms with van der Waals surface area (Å²) in [6.07, 6.45) is 1.69. The van der Waals surface area contributed by atoms with E-state index in [4.69, 9.17) is 4.42 Å². The lowest BCUT2D eigenvalue weighted by Crippen LogP contribution is -2.49. The Morgan fingerprint density at radius 2 is 1.92 bits per heavy atom. The molecule has 1 saturated heterocycles. The van der Waals surface area contributed by atoms with E-state index >= 15 is 0 Å². The smallest absolute Gasteiger partial charge is 0.299 e. The molecule has 1 aromatic carbocycles. The first-order valence-electron chi connectivity index (χ1n) is 8.45. The van der Waals surface area contributed by atoms with E-state index in [1.165, 1.54) is 0 Å². The second kappa shape index (κ2) is 6.20. The zero-order valence-electron chi connectivity index (χ0n) is 14.4. The van der Waals surface area contributed by atoms with Gasteiger partial charge in [0.25, 0.3) is 11.9 Å². The quantitative estimate of drug-likeness (QED) is 0.720. The van der Waals surface area contributed by atoms with Gasteiger partial charge in [0, 0.05) is 37.9 Å². The fourth-order valence-corrected chi connectivity index (χ4v) is 3.13. The first-order valence-corrected chi connectivity index (χ1v) is 8.45. The summed E-state index contributed by atoms with van der Waals surface area (Å²) in [5.74, 6) is 0.0973. The third-order valence-corrected chi connectivity index (χ3v) is 4.62. The number of carbonyl (C=O) groups excluding carboxylic acids is 1. The van der Waals surface area contributed by atoms with Gasteiger partial charge in [-0.05, 0) is 37.6 Å². The Labute approximate surface area is 146 Å². The Kier molecular flexibility index (Phi) is 3.87. The first-order chi connectivity index (χ1) is 12.1. The Bertz CT molecular complexity index is 893. The second-order valence-corrected chi connectivity index (χ2v) is 6.42. The summed E-state index contributed by atoms with van der Waals surface area (Å²) in [6.45, 7) is 6.69. The molecule has 4 rings (SSSR count). The molecule has 6 nitrogen and oxygen atoms in total. The van der Waals surface area contributed by atoms with Crippen LogP contribution in [0.2, 0.25) is 0 Å². The normalized spacial score (nSPS) is 15.0. The van der Waals surface area contributed by atoms with Crippen LogP contribution in [0, 0.1) is 13.8 Å². The molecule has 3 aromatic rings. The van der Waals surface area contributed by atoms with E-state index in [9.17, 15) is 4.79 Å². The average molecular weight is 336 g/mol. The number of oxazole rings is 1. The monoisotopic (exact) mass is 336 g/mol. The second-order valence-electron chi connectivity index (χ2n) is 6.42. The number of nitrogens with zero attached hydrogens (tertiary/aromatic N) is 4. The minimum atomic E-state index is 0.0973. The zero-order valence-corrected chi connectivity index (χ0v) is 14.4. The van der Waals surface area contributed by atoms with Crippen molar-refractivity contribution in [2.45, 2.75) is 13.8 Å². The van der Waals surface area contributed by atoms with Crippen molar-refractivity contribution >= 4 is 23.2 Å². The number of hydrogen-bond donors (Lipinski definition) is 0. The highest BCUT2D eigenvalue weighted by Crippen LogP contribution is 2.22. The first kappa shape index (κ1) is 15.6. The number of amides is 1. The number of aromatic nitrogens is 2. The number of anilines is 1.